The lowest BCUT2D eigenvalue weighted by Crippen LogP contribution is -2.16. The Morgan fingerprint density at radius 1 is 0.327 bits per heavy atom. The molecule has 9 aromatic rings. The van der Waals surface area contributed by atoms with Crippen LogP contribution < -0.4 is 0 Å². The molecule has 0 aromatic heterocycles. The second-order valence-corrected chi connectivity index (χ2v) is 14.0. The van der Waals surface area contributed by atoms with E-state index in [4.69, 9.17) is 0 Å². The van der Waals surface area contributed by atoms with Gasteiger partial charge in [0.2, 0.25) is 0 Å². The quantitative estimate of drug-likeness (QED) is 0.172. The number of rotatable bonds is 3. The van der Waals surface area contributed by atoms with Crippen molar-refractivity contribution in [3.8, 4) is 44.5 Å². The van der Waals surface area contributed by atoms with Crippen molar-refractivity contribution >= 4 is 43.1 Å². The van der Waals surface area contributed by atoms with Crippen LogP contribution in [0.1, 0.15) is 25.0 Å². The smallest absolute Gasteiger partial charge is 0.0165 e. The van der Waals surface area contributed by atoms with Gasteiger partial charge < -0.3 is 0 Å². The summed E-state index contributed by atoms with van der Waals surface area (Å²) < 4.78 is 0. The minimum absolute atomic E-state index is 0.0991. The molecule has 0 saturated carbocycles. The molecule has 10 rings (SSSR count). The number of benzene rings is 9. The Morgan fingerprint density at radius 3 is 1.45 bits per heavy atom. The van der Waals surface area contributed by atoms with E-state index in [-0.39, 0.29) is 5.41 Å². The highest BCUT2D eigenvalue weighted by atomic mass is 14.4. The molecular weight excluding hydrogens is 589 g/mol. The van der Waals surface area contributed by atoms with Gasteiger partial charge >= 0.3 is 0 Å². The molecule has 0 radical (unpaired) electrons. The van der Waals surface area contributed by atoms with Gasteiger partial charge in [0.05, 0.1) is 0 Å². The van der Waals surface area contributed by atoms with Gasteiger partial charge in [-0.1, -0.05) is 166 Å². The molecule has 1 aliphatic carbocycles. The minimum atomic E-state index is -0.0991. The Bertz CT molecular complexity index is 2720. The molecule has 9 aromatic carbocycles. The van der Waals surface area contributed by atoms with Crippen molar-refractivity contribution in [2.75, 3.05) is 0 Å². The predicted molar refractivity (Wildman–Crippen MR) is 210 cm³/mol. The van der Waals surface area contributed by atoms with Gasteiger partial charge in [0.25, 0.3) is 0 Å². The first-order valence-corrected chi connectivity index (χ1v) is 17.3. The summed E-state index contributed by atoms with van der Waals surface area (Å²) in [5, 5.41) is 10.2. The second kappa shape index (κ2) is 10.5. The Hall–Kier alpha value is -5.98. The van der Waals surface area contributed by atoms with Crippen LogP contribution >= 0.6 is 0 Å². The lowest BCUT2D eigenvalue weighted by atomic mass is 9.77. The van der Waals surface area contributed by atoms with Crippen LogP contribution in [0.5, 0.6) is 0 Å². The van der Waals surface area contributed by atoms with E-state index >= 15 is 0 Å². The van der Waals surface area contributed by atoms with Gasteiger partial charge in [0.1, 0.15) is 0 Å². The molecule has 230 valence electrons. The fourth-order valence-electron chi connectivity index (χ4n) is 8.82. The van der Waals surface area contributed by atoms with Crippen LogP contribution in [-0.2, 0) is 5.41 Å². The average molecular weight is 623 g/mol. The summed E-state index contributed by atoms with van der Waals surface area (Å²) in [5.41, 5.74) is 13.2. The number of fused-ring (bicyclic) bond motifs is 7. The van der Waals surface area contributed by atoms with E-state index in [1.165, 1.54) is 98.7 Å². The normalized spacial score (nSPS) is 13.3. The SMILES string of the molecule is CC1(C)c2ccccc2-c2cc3ccccc3c(-c3ccc4cc(-c5c6ccccc6c(-c6ccccc6)c6ccccc56)ccc4c3)c21. The molecule has 0 heterocycles. The summed E-state index contributed by atoms with van der Waals surface area (Å²) in [6, 6.07) is 63.1. The second-order valence-electron chi connectivity index (χ2n) is 14.0. The molecule has 49 heavy (non-hydrogen) atoms. The van der Waals surface area contributed by atoms with Crippen molar-refractivity contribution < 1.29 is 0 Å². The van der Waals surface area contributed by atoms with Crippen LogP contribution in [0, 0.1) is 0 Å². The summed E-state index contributed by atoms with van der Waals surface area (Å²) in [6.07, 6.45) is 0. The van der Waals surface area contributed by atoms with Crippen molar-refractivity contribution in [3.05, 3.63) is 181 Å². The minimum Gasteiger partial charge on any atom is -0.0622 e. The highest BCUT2D eigenvalue weighted by Gasteiger charge is 2.38. The first-order chi connectivity index (χ1) is 24.1. The van der Waals surface area contributed by atoms with Crippen molar-refractivity contribution in [1.82, 2.24) is 0 Å². The maximum atomic E-state index is 2.41. The number of hydrogen-bond acceptors (Lipinski definition) is 0. The molecule has 1 aliphatic rings. The number of hydrogen-bond donors (Lipinski definition) is 0. The van der Waals surface area contributed by atoms with E-state index in [2.05, 4.69) is 184 Å². The van der Waals surface area contributed by atoms with Gasteiger partial charge in [-0.25, -0.2) is 0 Å². The molecule has 0 spiro atoms. The van der Waals surface area contributed by atoms with Gasteiger partial charge in [-0.2, -0.15) is 0 Å². The van der Waals surface area contributed by atoms with E-state index < -0.39 is 0 Å². The van der Waals surface area contributed by atoms with Gasteiger partial charge in [0.15, 0.2) is 0 Å². The molecule has 0 nitrogen and oxygen atoms in total. The largest absolute Gasteiger partial charge is 0.0622 e. The van der Waals surface area contributed by atoms with Gasteiger partial charge in [-0.05, 0) is 117 Å². The zero-order chi connectivity index (χ0) is 32.7. The van der Waals surface area contributed by atoms with Crippen molar-refractivity contribution in [3.63, 3.8) is 0 Å². The van der Waals surface area contributed by atoms with Crippen LogP contribution in [0.15, 0.2) is 170 Å². The van der Waals surface area contributed by atoms with Gasteiger partial charge in [-0.3, -0.25) is 0 Å². The van der Waals surface area contributed by atoms with Crippen LogP contribution in [-0.4, -0.2) is 0 Å². The average Bonchev–Trinajstić information content (AvgIpc) is 3.38. The summed E-state index contributed by atoms with van der Waals surface area (Å²) in [7, 11) is 0. The van der Waals surface area contributed by atoms with Crippen LogP contribution in [0.4, 0.5) is 0 Å². The van der Waals surface area contributed by atoms with Crippen molar-refractivity contribution in [2.45, 2.75) is 19.3 Å². The summed E-state index contributed by atoms with van der Waals surface area (Å²) in [5.74, 6) is 0. The van der Waals surface area contributed by atoms with E-state index in [0.29, 0.717) is 0 Å². The first kappa shape index (κ1) is 28.1. The predicted octanol–water partition coefficient (Wildman–Crippen LogP) is 13.6. The Kier molecular flexibility index (Phi) is 6.02. The lowest BCUT2D eigenvalue weighted by molar-refractivity contribution is 0.663. The summed E-state index contributed by atoms with van der Waals surface area (Å²) in [4.78, 5) is 0. The third-order valence-electron chi connectivity index (χ3n) is 11.0. The zero-order valence-electron chi connectivity index (χ0n) is 27.7. The fraction of sp³-hybridized carbons (Fsp3) is 0.0612. The van der Waals surface area contributed by atoms with Crippen LogP contribution in [0.2, 0.25) is 0 Å². The molecule has 0 bridgehead atoms. The highest BCUT2D eigenvalue weighted by molar-refractivity contribution is 6.21. The lowest BCUT2D eigenvalue weighted by Gasteiger charge is -2.26. The molecule has 0 aliphatic heterocycles. The van der Waals surface area contributed by atoms with Gasteiger partial charge in [0, 0.05) is 5.41 Å². The van der Waals surface area contributed by atoms with E-state index in [9.17, 15) is 0 Å². The van der Waals surface area contributed by atoms with E-state index in [1.807, 2.05) is 0 Å². The molecule has 0 N–H and O–H groups in total. The Balaban J connectivity index is 1.19. The summed E-state index contributed by atoms with van der Waals surface area (Å²) in [6.45, 7) is 4.78. The molecular formula is C49H34. The van der Waals surface area contributed by atoms with Crippen molar-refractivity contribution in [2.24, 2.45) is 0 Å². The topological polar surface area (TPSA) is 0 Å². The van der Waals surface area contributed by atoms with Gasteiger partial charge in [-0.15, -0.1) is 0 Å². The molecule has 0 atom stereocenters. The third kappa shape index (κ3) is 4.11. The third-order valence-corrected chi connectivity index (χ3v) is 11.0. The van der Waals surface area contributed by atoms with Crippen molar-refractivity contribution in [1.29, 1.82) is 0 Å². The van der Waals surface area contributed by atoms with E-state index in [0.717, 1.165) is 0 Å². The highest BCUT2D eigenvalue weighted by Crippen LogP contribution is 2.54. The van der Waals surface area contributed by atoms with Crippen LogP contribution in [0.25, 0.3) is 87.6 Å². The molecule has 0 heteroatoms. The maximum Gasteiger partial charge on any atom is 0.0165 e. The molecule has 0 saturated heterocycles. The standard InChI is InChI=1S/C49H34/c1-49(2)44-23-13-12-18-38(44)43-30-34-16-6-7-17-37(34)47(48(43)49)36-27-25-32-28-35(26-24-33(32)29-36)46-41-21-10-8-19-39(41)45(31-14-4-3-5-15-31)40-20-9-11-22-42(40)46/h3-30H,1-2H3. The maximum absolute atomic E-state index is 2.41. The van der Waals surface area contributed by atoms with Crippen LogP contribution in [0.3, 0.4) is 0 Å². The first-order valence-electron chi connectivity index (χ1n) is 17.3. The summed E-state index contributed by atoms with van der Waals surface area (Å²) >= 11 is 0. The molecule has 0 unspecified atom stereocenters. The fourth-order valence-corrected chi connectivity index (χ4v) is 8.82. The zero-order valence-corrected chi connectivity index (χ0v) is 27.7. The Morgan fingerprint density at radius 2 is 0.816 bits per heavy atom. The molecule has 0 amide bonds. The Labute approximate surface area is 286 Å². The monoisotopic (exact) mass is 622 g/mol. The molecule has 0 fully saturated rings. The van der Waals surface area contributed by atoms with E-state index in [1.54, 1.807) is 0 Å².